The molecule has 3 rings (SSSR count). The molecule has 1 saturated heterocycles. The minimum Gasteiger partial charge on any atom is -0.372 e. The molecule has 18 heavy (non-hydrogen) atoms. The minimum atomic E-state index is 0.655. The fraction of sp³-hybridized carbons (Fsp3) is 0.467. The summed E-state index contributed by atoms with van der Waals surface area (Å²) < 4.78 is 1.39. The molecular weight excluding hydrogens is 240 g/mol. The summed E-state index contributed by atoms with van der Waals surface area (Å²) in [6, 6.07) is 9.33. The second-order valence-electron chi connectivity index (χ2n) is 5.14. The Morgan fingerprint density at radius 1 is 1.33 bits per heavy atom. The van der Waals surface area contributed by atoms with Crippen molar-refractivity contribution in [1.29, 1.82) is 0 Å². The van der Waals surface area contributed by atoms with Crippen LogP contribution >= 0.6 is 11.3 Å². The molecule has 0 amide bonds. The molecule has 0 spiro atoms. The Balaban J connectivity index is 1.76. The van der Waals surface area contributed by atoms with Crippen LogP contribution in [0.25, 0.3) is 10.1 Å². The highest BCUT2D eigenvalue weighted by Crippen LogP contribution is 2.32. The monoisotopic (exact) mass is 260 g/mol. The van der Waals surface area contributed by atoms with Gasteiger partial charge in [0.1, 0.15) is 0 Å². The van der Waals surface area contributed by atoms with Gasteiger partial charge in [-0.05, 0) is 25.5 Å². The van der Waals surface area contributed by atoms with Crippen molar-refractivity contribution in [2.24, 2.45) is 0 Å². The molecule has 1 fully saturated rings. The number of likely N-dealkylation sites (N-methyl/N-ethyl adjacent to an activating group) is 1. The molecular formula is C15H20N2S. The standard InChI is InChI=1S/C15H20N2S/c1-17(10-12-6-4-5-9-16-12)14-11-18-15-8-3-2-7-13(14)15/h2-3,7-8,11-12,16H,4-6,9-10H2,1H3. The molecule has 2 aromatic rings. The van der Waals surface area contributed by atoms with E-state index in [4.69, 9.17) is 0 Å². The number of benzene rings is 1. The zero-order valence-electron chi connectivity index (χ0n) is 10.9. The number of nitrogens with one attached hydrogen (secondary N) is 1. The molecule has 1 aromatic carbocycles. The maximum atomic E-state index is 3.62. The van der Waals surface area contributed by atoms with Crippen LogP contribution in [0.2, 0.25) is 0 Å². The van der Waals surface area contributed by atoms with Gasteiger partial charge in [0.15, 0.2) is 0 Å². The van der Waals surface area contributed by atoms with E-state index in [0.717, 1.165) is 6.54 Å². The van der Waals surface area contributed by atoms with E-state index >= 15 is 0 Å². The third-order valence-electron chi connectivity index (χ3n) is 3.78. The predicted molar refractivity (Wildman–Crippen MR) is 80.7 cm³/mol. The quantitative estimate of drug-likeness (QED) is 0.909. The number of hydrogen-bond acceptors (Lipinski definition) is 3. The van der Waals surface area contributed by atoms with Gasteiger partial charge in [-0.1, -0.05) is 24.6 Å². The first-order valence-corrected chi connectivity index (χ1v) is 7.63. The average molecular weight is 260 g/mol. The second kappa shape index (κ2) is 5.29. The third kappa shape index (κ3) is 2.38. The predicted octanol–water partition coefficient (Wildman–Crippen LogP) is 3.48. The van der Waals surface area contributed by atoms with E-state index in [2.05, 4.69) is 46.9 Å². The number of nitrogens with zero attached hydrogens (tertiary/aromatic N) is 1. The van der Waals surface area contributed by atoms with Gasteiger partial charge in [0.25, 0.3) is 0 Å². The third-order valence-corrected chi connectivity index (χ3v) is 4.73. The lowest BCUT2D eigenvalue weighted by Gasteiger charge is -2.29. The van der Waals surface area contributed by atoms with Gasteiger partial charge in [-0.15, -0.1) is 11.3 Å². The van der Waals surface area contributed by atoms with Crippen molar-refractivity contribution in [3.8, 4) is 0 Å². The van der Waals surface area contributed by atoms with Crippen LogP contribution in [0, 0.1) is 0 Å². The fourth-order valence-electron chi connectivity index (χ4n) is 2.77. The second-order valence-corrected chi connectivity index (χ2v) is 6.06. The van der Waals surface area contributed by atoms with Crippen molar-refractivity contribution in [3.05, 3.63) is 29.6 Å². The molecule has 2 nitrogen and oxygen atoms in total. The van der Waals surface area contributed by atoms with Crippen molar-refractivity contribution in [3.63, 3.8) is 0 Å². The number of fused-ring (bicyclic) bond motifs is 1. The molecule has 1 aliphatic rings. The van der Waals surface area contributed by atoms with Crippen LogP contribution in [-0.2, 0) is 0 Å². The summed E-state index contributed by atoms with van der Waals surface area (Å²) in [7, 11) is 2.21. The lowest BCUT2D eigenvalue weighted by Crippen LogP contribution is -2.42. The number of thiophene rings is 1. The number of hydrogen-bond donors (Lipinski definition) is 1. The van der Waals surface area contributed by atoms with Crippen LogP contribution in [0.5, 0.6) is 0 Å². The Kier molecular flexibility index (Phi) is 3.52. The van der Waals surface area contributed by atoms with Gasteiger partial charge >= 0.3 is 0 Å². The van der Waals surface area contributed by atoms with Crippen LogP contribution in [0.4, 0.5) is 5.69 Å². The van der Waals surface area contributed by atoms with E-state index in [9.17, 15) is 0 Å². The summed E-state index contributed by atoms with van der Waals surface area (Å²) in [4.78, 5) is 2.40. The first-order valence-electron chi connectivity index (χ1n) is 6.75. The van der Waals surface area contributed by atoms with Crippen LogP contribution in [0.3, 0.4) is 0 Å². The van der Waals surface area contributed by atoms with Crippen molar-refractivity contribution < 1.29 is 0 Å². The Bertz CT molecular complexity index is 514. The lowest BCUT2D eigenvalue weighted by atomic mass is 10.0. The molecule has 1 atom stereocenters. The molecule has 96 valence electrons. The smallest absolute Gasteiger partial charge is 0.0552 e. The maximum absolute atomic E-state index is 3.62. The van der Waals surface area contributed by atoms with Gasteiger partial charge in [-0.25, -0.2) is 0 Å². The first kappa shape index (κ1) is 12.0. The summed E-state index contributed by atoms with van der Waals surface area (Å²) in [5.74, 6) is 0. The van der Waals surface area contributed by atoms with E-state index in [0.29, 0.717) is 6.04 Å². The summed E-state index contributed by atoms with van der Waals surface area (Å²) in [5, 5.41) is 7.30. The number of rotatable bonds is 3. The van der Waals surface area contributed by atoms with Gasteiger partial charge in [0.05, 0.1) is 5.69 Å². The summed E-state index contributed by atoms with van der Waals surface area (Å²) >= 11 is 1.84. The molecule has 1 aromatic heterocycles. The van der Waals surface area contributed by atoms with Crippen molar-refractivity contribution in [2.45, 2.75) is 25.3 Å². The molecule has 1 N–H and O–H groups in total. The molecule has 0 bridgehead atoms. The summed E-state index contributed by atoms with van der Waals surface area (Å²) in [6.45, 7) is 2.30. The van der Waals surface area contributed by atoms with E-state index in [1.54, 1.807) is 0 Å². The Hall–Kier alpha value is -1.06. The van der Waals surface area contributed by atoms with Gasteiger partial charge in [-0.2, -0.15) is 0 Å². The fourth-order valence-corrected chi connectivity index (χ4v) is 3.77. The maximum Gasteiger partial charge on any atom is 0.0552 e. The molecule has 3 heteroatoms. The van der Waals surface area contributed by atoms with Crippen LogP contribution < -0.4 is 10.2 Å². The van der Waals surface area contributed by atoms with Crippen molar-refractivity contribution in [1.82, 2.24) is 5.32 Å². The SMILES string of the molecule is CN(CC1CCCCN1)c1csc2ccccc12. The highest BCUT2D eigenvalue weighted by molar-refractivity contribution is 7.17. The molecule has 1 unspecified atom stereocenters. The van der Waals surface area contributed by atoms with Gasteiger partial charge < -0.3 is 10.2 Å². The molecule has 2 heterocycles. The Morgan fingerprint density at radius 2 is 2.22 bits per heavy atom. The number of piperidine rings is 1. The van der Waals surface area contributed by atoms with E-state index in [-0.39, 0.29) is 0 Å². The molecule has 0 aliphatic carbocycles. The minimum absolute atomic E-state index is 0.655. The van der Waals surface area contributed by atoms with Crippen molar-refractivity contribution in [2.75, 3.05) is 25.0 Å². The van der Waals surface area contributed by atoms with E-state index < -0.39 is 0 Å². The van der Waals surface area contributed by atoms with Crippen molar-refractivity contribution >= 4 is 27.1 Å². The van der Waals surface area contributed by atoms with Crippen LogP contribution in [0.1, 0.15) is 19.3 Å². The first-order chi connectivity index (χ1) is 8.84. The highest BCUT2D eigenvalue weighted by atomic mass is 32.1. The summed E-state index contributed by atoms with van der Waals surface area (Å²) in [5.41, 5.74) is 1.38. The Morgan fingerprint density at radius 3 is 3.06 bits per heavy atom. The van der Waals surface area contributed by atoms with Gasteiger partial charge in [0, 0.05) is 35.1 Å². The largest absolute Gasteiger partial charge is 0.372 e. The van der Waals surface area contributed by atoms with E-state index in [1.165, 1.54) is 41.6 Å². The van der Waals surface area contributed by atoms with Crippen LogP contribution in [-0.4, -0.2) is 26.2 Å². The van der Waals surface area contributed by atoms with Crippen LogP contribution in [0.15, 0.2) is 29.6 Å². The topological polar surface area (TPSA) is 15.3 Å². The number of anilines is 1. The Labute approximate surface area is 113 Å². The highest BCUT2D eigenvalue weighted by Gasteiger charge is 2.16. The lowest BCUT2D eigenvalue weighted by molar-refractivity contribution is 0.403. The van der Waals surface area contributed by atoms with E-state index in [1.807, 2.05) is 11.3 Å². The normalized spacial score (nSPS) is 20.2. The average Bonchev–Trinajstić information content (AvgIpc) is 2.84. The zero-order valence-corrected chi connectivity index (χ0v) is 11.7. The molecule has 0 saturated carbocycles. The molecule has 0 radical (unpaired) electrons. The van der Waals surface area contributed by atoms with Gasteiger partial charge in [0.2, 0.25) is 0 Å². The summed E-state index contributed by atoms with van der Waals surface area (Å²) in [6.07, 6.45) is 4.02. The van der Waals surface area contributed by atoms with Gasteiger partial charge in [-0.3, -0.25) is 0 Å². The molecule has 1 aliphatic heterocycles. The zero-order chi connectivity index (χ0) is 12.4.